The summed E-state index contributed by atoms with van der Waals surface area (Å²) < 4.78 is 24.6. The summed E-state index contributed by atoms with van der Waals surface area (Å²) in [5.41, 5.74) is 3.26. The van der Waals surface area contributed by atoms with Gasteiger partial charge in [0.05, 0.1) is 19.8 Å². The maximum Gasteiger partial charge on any atom is 0.331 e. The van der Waals surface area contributed by atoms with Crippen LogP contribution in [0.1, 0.15) is 82.7 Å². The van der Waals surface area contributed by atoms with Crippen molar-refractivity contribution in [3.63, 3.8) is 0 Å². The van der Waals surface area contributed by atoms with Gasteiger partial charge < -0.3 is 18.3 Å². The highest BCUT2D eigenvalue weighted by Crippen LogP contribution is 2.39. The van der Waals surface area contributed by atoms with Crippen molar-refractivity contribution in [3.8, 4) is 5.75 Å². The highest BCUT2D eigenvalue weighted by molar-refractivity contribution is 7.13. The van der Waals surface area contributed by atoms with Crippen LogP contribution in [-0.4, -0.2) is 29.2 Å². The lowest BCUT2D eigenvalue weighted by Gasteiger charge is -2.37. The van der Waals surface area contributed by atoms with Gasteiger partial charge in [-0.25, -0.2) is 4.79 Å². The second kappa shape index (κ2) is 14.0. The van der Waals surface area contributed by atoms with Crippen LogP contribution >= 0.6 is 11.3 Å². The van der Waals surface area contributed by atoms with E-state index in [4.69, 9.17) is 18.3 Å². The van der Waals surface area contributed by atoms with E-state index < -0.39 is 16.6 Å². The van der Waals surface area contributed by atoms with Crippen molar-refractivity contribution in [1.82, 2.24) is 0 Å². The summed E-state index contributed by atoms with van der Waals surface area (Å²) in [7, 11) is -3.82. The lowest BCUT2D eigenvalue weighted by molar-refractivity contribution is -0.137. The standard InChI is InChI=1S/C32H52O5SSi2/c1-13-24(20-30(33)34-14-2)29-18-17-28(38-29)23-35-27-16-15-25(21-36-39(9,10)31(3,4)5)26(19-27)22-37-40(11,12)32(6,7)8/h15-20H,13-14,21-23H2,1-12H3. The molecule has 1 aromatic heterocycles. The Morgan fingerprint density at radius 3 is 1.93 bits per heavy atom. The molecule has 0 saturated heterocycles. The van der Waals surface area contributed by atoms with Gasteiger partial charge in [-0.05, 0) is 90.6 Å². The zero-order valence-corrected chi connectivity index (χ0v) is 29.8. The van der Waals surface area contributed by atoms with E-state index in [2.05, 4.69) is 92.0 Å². The Labute approximate surface area is 249 Å². The number of hydrogen-bond acceptors (Lipinski definition) is 6. The van der Waals surface area contributed by atoms with Crippen LogP contribution in [0, 0.1) is 0 Å². The minimum absolute atomic E-state index is 0.134. The first kappa shape index (κ1) is 34.5. The first-order chi connectivity index (χ1) is 18.4. The number of esters is 1. The molecule has 8 heteroatoms. The molecule has 0 N–H and O–H groups in total. The molecule has 0 bridgehead atoms. The van der Waals surface area contributed by atoms with Gasteiger partial charge in [0.25, 0.3) is 0 Å². The predicted octanol–water partition coefficient (Wildman–Crippen LogP) is 9.73. The Bertz CT molecular complexity index is 1150. The van der Waals surface area contributed by atoms with Crippen LogP contribution in [0.3, 0.4) is 0 Å². The Hall–Kier alpha value is -1.72. The van der Waals surface area contributed by atoms with Crippen molar-refractivity contribution in [2.75, 3.05) is 6.61 Å². The van der Waals surface area contributed by atoms with Crippen LogP contribution < -0.4 is 4.74 Å². The minimum Gasteiger partial charge on any atom is -0.488 e. The van der Waals surface area contributed by atoms with Gasteiger partial charge in [-0.15, -0.1) is 11.3 Å². The monoisotopic (exact) mass is 604 g/mol. The number of ether oxygens (including phenoxy) is 2. The van der Waals surface area contributed by atoms with Crippen molar-refractivity contribution in [2.24, 2.45) is 0 Å². The van der Waals surface area contributed by atoms with Crippen LogP contribution in [0.5, 0.6) is 5.75 Å². The van der Waals surface area contributed by atoms with E-state index in [1.54, 1.807) is 17.4 Å². The second-order valence-electron chi connectivity index (χ2n) is 13.4. The molecule has 0 spiro atoms. The third-order valence-corrected chi connectivity index (χ3v) is 18.4. The molecule has 0 aliphatic carbocycles. The van der Waals surface area contributed by atoms with E-state index in [9.17, 15) is 4.79 Å². The van der Waals surface area contributed by atoms with Gasteiger partial charge in [-0.1, -0.05) is 54.5 Å². The van der Waals surface area contributed by atoms with Crippen LogP contribution in [0.15, 0.2) is 36.4 Å². The molecule has 0 amide bonds. The molecule has 2 aromatic rings. The Balaban J connectivity index is 2.23. The van der Waals surface area contributed by atoms with E-state index in [-0.39, 0.29) is 16.0 Å². The number of rotatable bonds is 13. The quantitative estimate of drug-likeness (QED) is 0.129. The predicted molar refractivity (Wildman–Crippen MR) is 174 cm³/mol. The van der Waals surface area contributed by atoms with Gasteiger partial charge in [0, 0.05) is 15.8 Å². The smallest absolute Gasteiger partial charge is 0.331 e. The molecule has 40 heavy (non-hydrogen) atoms. The van der Waals surface area contributed by atoms with Crippen molar-refractivity contribution in [2.45, 2.75) is 118 Å². The van der Waals surface area contributed by atoms with Gasteiger partial charge in [0.2, 0.25) is 0 Å². The Morgan fingerprint density at radius 2 is 1.40 bits per heavy atom. The third kappa shape index (κ3) is 9.69. The van der Waals surface area contributed by atoms with E-state index >= 15 is 0 Å². The SMILES string of the molecule is CCOC(=O)C=C(CC)c1ccc(COc2ccc(CO[Si](C)(C)C(C)(C)C)c(CO[Si](C)(C)C(C)(C)C)c2)s1. The molecule has 1 heterocycles. The highest BCUT2D eigenvalue weighted by atomic mass is 32.1. The molecular formula is C32H52O5SSi2. The molecule has 224 valence electrons. The van der Waals surface area contributed by atoms with E-state index in [0.29, 0.717) is 26.4 Å². The lowest BCUT2D eigenvalue weighted by Crippen LogP contribution is -2.41. The number of hydrogen-bond donors (Lipinski definition) is 0. The summed E-state index contributed by atoms with van der Waals surface area (Å²) in [6.45, 7) is 28.6. The molecule has 2 rings (SSSR count). The Kier molecular flexibility index (Phi) is 12.0. The number of carbonyl (C=O) groups excluding carboxylic acids is 1. The second-order valence-corrected chi connectivity index (χ2v) is 24.1. The third-order valence-electron chi connectivity index (χ3n) is 8.29. The summed E-state index contributed by atoms with van der Waals surface area (Å²) in [6, 6.07) is 10.4. The average molecular weight is 605 g/mol. The largest absolute Gasteiger partial charge is 0.488 e. The summed E-state index contributed by atoms with van der Waals surface area (Å²) >= 11 is 1.65. The van der Waals surface area contributed by atoms with Crippen molar-refractivity contribution in [1.29, 1.82) is 0 Å². The van der Waals surface area contributed by atoms with Crippen molar-refractivity contribution in [3.05, 3.63) is 57.3 Å². The fourth-order valence-corrected chi connectivity index (χ4v) is 6.28. The fraction of sp³-hybridized carbons (Fsp3) is 0.594. The number of carbonyl (C=O) groups is 1. The van der Waals surface area contributed by atoms with Gasteiger partial charge in [0.1, 0.15) is 12.4 Å². The minimum atomic E-state index is -1.93. The molecule has 0 fully saturated rings. The number of allylic oxidation sites excluding steroid dienone is 1. The molecule has 5 nitrogen and oxygen atoms in total. The summed E-state index contributed by atoms with van der Waals surface area (Å²) in [4.78, 5) is 14.1. The fourth-order valence-electron chi connectivity index (χ4n) is 3.37. The summed E-state index contributed by atoms with van der Waals surface area (Å²) in [6.07, 6.45) is 2.36. The summed E-state index contributed by atoms with van der Waals surface area (Å²) in [5, 5.41) is 0.283. The van der Waals surface area contributed by atoms with Gasteiger partial charge >= 0.3 is 5.97 Å². The van der Waals surface area contributed by atoms with Crippen LogP contribution in [0.4, 0.5) is 0 Å². The topological polar surface area (TPSA) is 54.0 Å². The molecule has 0 aliphatic heterocycles. The highest BCUT2D eigenvalue weighted by Gasteiger charge is 2.38. The van der Waals surface area contributed by atoms with Gasteiger partial charge in [-0.3, -0.25) is 0 Å². The molecular weight excluding hydrogens is 553 g/mol. The first-order valence-corrected chi connectivity index (χ1v) is 21.0. The van der Waals surface area contributed by atoms with Crippen molar-refractivity contribution < 1.29 is 23.1 Å². The van der Waals surface area contributed by atoms with Gasteiger partial charge in [-0.2, -0.15) is 0 Å². The molecule has 0 aliphatic rings. The van der Waals surface area contributed by atoms with E-state index in [0.717, 1.165) is 38.6 Å². The molecule has 0 saturated carbocycles. The molecule has 0 atom stereocenters. The number of thiophene rings is 1. The zero-order chi connectivity index (χ0) is 30.4. The maximum atomic E-state index is 11.9. The summed E-state index contributed by atoms with van der Waals surface area (Å²) in [5.74, 6) is 0.522. The van der Waals surface area contributed by atoms with Gasteiger partial charge in [0.15, 0.2) is 16.6 Å². The normalized spacial score (nSPS) is 13.4. The van der Waals surface area contributed by atoms with E-state index in [1.165, 1.54) is 0 Å². The maximum absolute atomic E-state index is 11.9. The first-order valence-electron chi connectivity index (χ1n) is 14.4. The molecule has 0 unspecified atom stereocenters. The zero-order valence-electron chi connectivity index (χ0n) is 26.9. The van der Waals surface area contributed by atoms with Crippen LogP contribution in [0.25, 0.3) is 5.57 Å². The Morgan fingerprint density at radius 1 is 0.825 bits per heavy atom. The van der Waals surface area contributed by atoms with Crippen molar-refractivity contribution >= 4 is 39.5 Å². The molecule has 0 radical (unpaired) electrons. The average Bonchev–Trinajstić information content (AvgIpc) is 3.31. The molecule has 1 aromatic carbocycles. The lowest BCUT2D eigenvalue weighted by atomic mass is 10.1. The van der Waals surface area contributed by atoms with Crippen LogP contribution in [0.2, 0.25) is 36.3 Å². The number of benzene rings is 1. The van der Waals surface area contributed by atoms with E-state index in [1.807, 2.05) is 19.9 Å². The van der Waals surface area contributed by atoms with Crippen LogP contribution in [-0.2, 0) is 38.2 Å².